The molecule has 7 nitrogen and oxygen atoms in total. The van der Waals surface area contributed by atoms with E-state index >= 15 is 0 Å². The zero-order chi connectivity index (χ0) is 27.1. The molecule has 0 aliphatic carbocycles. The summed E-state index contributed by atoms with van der Waals surface area (Å²) in [5, 5.41) is 0.721. The van der Waals surface area contributed by atoms with E-state index in [9.17, 15) is 26.4 Å². The smallest absolute Gasteiger partial charge is 0.416 e. The molecule has 1 aromatic heterocycles. The first-order chi connectivity index (χ1) is 18.0. The van der Waals surface area contributed by atoms with E-state index in [1.807, 2.05) is 19.1 Å². The third kappa shape index (κ3) is 5.11. The van der Waals surface area contributed by atoms with Gasteiger partial charge >= 0.3 is 6.18 Å². The highest BCUT2D eigenvalue weighted by Crippen LogP contribution is 2.34. The third-order valence-corrected chi connectivity index (χ3v) is 8.12. The molecule has 11 heteroatoms. The van der Waals surface area contributed by atoms with Crippen molar-refractivity contribution in [3.8, 4) is 11.5 Å². The van der Waals surface area contributed by atoms with Crippen molar-refractivity contribution in [3.05, 3.63) is 99.3 Å². The molecule has 0 saturated carbocycles. The minimum atomic E-state index is -4.72. The number of nitrogens with one attached hydrogen (secondary N) is 1. The molecule has 0 saturated heterocycles. The van der Waals surface area contributed by atoms with Crippen LogP contribution < -0.4 is 15.0 Å². The quantitative estimate of drug-likeness (QED) is 0.344. The number of aromatic nitrogens is 1. The Labute approximate surface area is 216 Å². The molecular formula is C27H23F3N2O5S. The Morgan fingerprint density at radius 2 is 1.68 bits per heavy atom. The predicted octanol–water partition coefficient (Wildman–Crippen LogP) is 5.23. The Morgan fingerprint density at radius 3 is 2.45 bits per heavy atom. The second kappa shape index (κ2) is 9.80. The number of halogens is 3. The van der Waals surface area contributed by atoms with Crippen LogP contribution in [0.4, 0.5) is 13.2 Å². The summed E-state index contributed by atoms with van der Waals surface area (Å²) < 4.78 is 79.2. The van der Waals surface area contributed by atoms with Gasteiger partial charge in [0.1, 0.15) is 0 Å². The normalized spacial score (nSPS) is 13.4. The lowest BCUT2D eigenvalue weighted by Crippen LogP contribution is -2.32. The highest BCUT2D eigenvalue weighted by Gasteiger charge is 2.33. The molecule has 5 rings (SSSR count). The maximum absolute atomic E-state index is 13.7. The second-order valence-corrected chi connectivity index (χ2v) is 10.8. The fourth-order valence-electron chi connectivity index (χ4n) is 4.28. The number of alkyl halides is 3. The van der Waals surface area contributed by atoms with Crippen LogP contribution in [0.2, 0.25) is 0 Å². The summed E-state index contributed by atoms with van der Waals surface area (Å²) in [6.45, 7) is 1.43. The summed E-state index contributed by atoms with van der Waals surface area (Å²) in [5.74, 6) is 0.924. The summed E-state index contributed by atoms with van der Waals surface area (Å²) in [6, 6.07) is 15.6. The molecule has 1 aliphatic heterocycles. The fraction of sp³-hybridized carbons (Fsp3) is 0.222. The average Bonchev–Trinajstić information content (AvgIpc) is 3.36. The lowest BCUT2D eigenvalue weighted by Gasteiger charge is -2.23. The van der Waals surface area contributed by atoms with E-state index in [1.54, 1.807) is 30.3 Å². The largest absolute Gasteiger partial charge is 0.454 e. The van der Waals surface area contributed by atoms with Gasteiger partial charge in [-0.2, -0.15) is 17.5 Å². The Bertz CT molecular complexity index is 1680. The highest BCUT2D eigenvalue weighted by molar-refractivity contribution is 7.89. The molecule has 0 bridgehead atoms. The number of hydrogen-bond donors (Lipinski definition) is 1. The van der Waals surface area contributed by atoms with Crippen molar-refractivity contribution in [3.63, 3.8) is 0 Å². The number of sulfonamides is 1. The minimum absolute atomic E-state index is 0.0250. The lowest BCUT2D eigenvalue weighted by atomic mass is 10.1. The van der Waals surface area contributed by atoms with Gasteiger partial charge in [-0.25, -0.2) is 8.42 Å². The standard InChI is InChI=1S/C27H23F3N2O5S/c1-2-17-6-8-23-19(10-17)12-20(26(33)31-23)15-32(14-18-7-9-24-25(11-18)37-16-36-24)38(34,35)22-5-3-4-21(13-22)27(28,29)30/h3-13H,2,14-16H2,1H3,(H,31,33). The molecule has 38 heavy (non-hydrogen) atoms. The number of ether oxygens (including phenoxy) is 2. The van der Waals surface area contributed by atoms with Crippen molar-refractivity contribution < 1.29 is 31.1 Å². The molecule has 0 radical (unpaired) electrons. The SMILES string of the molecule is CCc1ccc2[nH]c(=O)c(CN(Cc3ccc4c(c3)OCO4)S(=O)(=O)c3cccc(C(F)(F)F)c3)cc2c1. The van der Waals surface area contributed by atoms with Crippen LogP contribution in [0.25, 0.3) is 10.9 Å². The molecule has 1 N–H and O–H groups in total. The number of benzene rings is 3. The van der Waals surface area contributed by atoms with Gasteiger partial charge in [0.15, 0.2) is 11.5 Å². The zero-order valence-corrected chi connectivity index (χ0v) is 21.0. The summed E-state index contributed by atoms with van der Waals surface area (Å²) in [6.07, 6.45) is -3.95. The van der Waals surface area contributed by atoms with Gasteiger partial charge in [0.25, 0.3) is 5.56 Å². The first kappa shape index (κ1) is 25.8. The minimum Gasteiger partial charge on any atom is -0.454 e. The summed E-state index contributed by atoms with van der Waals surface area (Å²) >= 11 is 0. The molecule has 0 amide bonds. The monoisotopic (exact) mass is 544 g/mol. The molecule has 2 heterocycles. The summed E-state index contributed by atoms with van der Waals surface area (Å²) in [7, 11) is -4.47. The molecule has 0 atom stereocenters. The van der Waals surface area contributed by atoms with Crippen molar-refractivity contribution in [2.24, 2.45) is 0 Å². The Kier molecular flexibility index (Phi) is 6.66. The maximum Gasteiger partial charge on any atom is 0.416 e. The van der Waals surface area contributed by atoms with Gasteiger partial charge in [0.05, 0.1) is 10.5 Å². The van der Waals surface area contributed by atoms with E-state index in [1.165, 1.54) is 0 Å². The Balaban J connectivity index is 1.58. The number of hydrogen-bond acceptors (Lipinski definition) is 5. The Hall–Kier alpha value is -3.83. The van der Waals surface area contributed by atoms with Crippen LogP contribution in [0.1, 0.15) is 29.2 Å². The van der Waals surface area contributed by atoms with Crippen LogP contribution in [0.15, 0.2) is 76.4 Å². The van der Waals surface area contributed by atoms with Crippen molar-refractivity contribution in [1.29, 1.82) is 0 Å². The van der Waals surface area contributed by atoms with E-state index in [0.29, 0.717) is 28.6 Å². The van der Waals surface area contributed by atoms with Crippen molar-refractivity contribution in [2.75, 3.05) is 6.79 Å². The number of pyridine rings is 1. The van der Waals surface area contributed by atoms with Crippen LogP contribution in [0.5, 0.6) is 11.5 Å². The number of aryl methyl sites for hydroxylation is 1. The average molecular weight is 545 g/mol. The first-order valence-corrected chi connectivity index (χ1v) is 13.2. The first-order valence-electron chi connectivity index (χ1n) is 11.8. The van der Waals surface area contributed by atoms with Gasteiger partial charge in [0, 0.05) is 24.2 Å². The number of rotatable bonds is 7. The predicted molar refractivity (Wildman–Crippen MR) is 134 cm³/mol. The van der Waals surface area contributed by atoms with Gasteiger partial charge in [-0.1, -0.05) is 25.1 Å². The van der Waals surface area contributed by atoms with Gasteiger partial charge in [-0.3, -0.25) is 4.79 Å². The van der Waals surface area contributed by atoms with Crippen LogP contribution in [0, 0.1) is 0 Å². The molecule has 1 aliphatic rings. The van der Waals surface area contributed by atoms with E-state index in [-0.39, 0.29) is 25.4 Å². The molecule has 0 unspecified atom stereocenters. The van der Waals surface area contributed by atoms with Crippen molar-refractivity contribution in [2.45, 2.75) is 37.5 Å². The number of nitrogens with zero attached hydrogens (tertiary/aromatic N) is 1. The maximum atomic E-state index is 13.7. The topological polar surface area (TPSA) is 88.7 Å². The van der Waals surface area contributed by atoms with Crippen molar-refractivity contribution >= 4 is 20.9 Å². The van der Waals surface area contributed by atoms with E-state index < -0.39 is 32.2 Å². The molecule has 0 spiro atoms. The molecule has 0 fully saturated rings. The lowest BCUT2D eigenvalue weighted by molar-refractivity contribution is -0.137. The van der Waals surface area contributed by atoms with E-state index in [4.69, 9.17) is 9.47 Å². The zero-order valence-electron chi connectivity index (χ0n) is 20.2. The fourth-order valence-corrected chi connectivity index (χ4v) is 5.73. The number of fused-ring (bicyclic) bond motifs is 2. The number of H-pyrrole nitrogens is 1. The van der Waals surface area contributed by atoms with Crippen LogP contribution in [-0.4, -0.2) is 24.5 Å². The van der Waals surface area contributed by atoms with Gasteiger partial charge in [0.2, 0.25) is 16.8 Å². The van der Waals surface area contributed by atoms with Crippen LogP contribution >= 0.6 is 0 Å². The Morgan fingerprint density at radius 1 is 0.921 bits per heavy atom. The van der Waals surface area contributed by atoms with Crippen LogP contribution in [0.3, 0.4) is 0 Å². The van der Waals surface area contributed by atoms with Gasteiger partial charge in [-0.15, -0.1) is 0 Å². The number of aromatic amines is 1. The van der Waals surface area contributed by atoms with Crippen LogP contribution in [-0.2, 0) is 35.7 Å². The molecule has 3 aromatic carbocycles. The third-order valence-electron chi connectivity index (χ3n) is 6.34. The van der Waals surface area contributed by atoms with E-state index in [2.05, 4.69) is 4.98 Å². The molecule has 4 aromatic rings. The van der Waals surface area contributed by atoms with Crippen molar-refractivity contribution in [1.82, 2.24) is 9.29 Å². The molecular weight excluding hydrogens is 521 g/mol. The second-order valence-electron chi connectivity index (χ2n) is 8.89. The highest BCUT2D eigenvalue weighted by atomic mass is 32.2. The van der Waals surface area contributed by atoms with Gasteiger partial charge in [-0.05, 0) is 71.5 Å². The molecule has 198 valence electrons. The summed E-state index contributed by atoms with van der Waals surface area (Å²) in [4.78, 5) is 15.2. The van der Waals surface area contributed by atoms with E-state index in [0.717, 1.165) is 39.9 Å². The van der Waals surface area contributed by atoms with Gasteiger partial charge < -0.3 is 14.5 Å². The summed E-state index contributed by atoms with van der Waals surface area (Å²) in [5.41, 5.74) is 0.717.